The number of non-ortho nitro benzene ring substituents is 1. The number of nitrogens with one attached hydrogen (secondary N) is 1. The van der Waals surface area contributed by atoms with Crippen LogP contribution in [0.2, 0.25) is 0 Å². The predicted octanol–water partition coefficient (Wildman–Crippen LogP) is 1.28. The molecule has 0 saturated heterocycles. The van der Waals surface area contributed by atoms with Gasteiger partial charge >= 0.3 is 5.97 Å². The SMILES string of the molecule is COC(=O)C[C@@H](C)NC(=O)c1ccc([N+](=O)[O-])cc1. The smallest absolute Gasteiger partial charge is 0.307 e. The van der Waals surface area contributed by atoms with E-state index in [9.17, 15) is 19.7 Å². The third-order valence-electron chi connectivity index (χ3n) is 2.42. The molecule has 7 nitrogen and oxygen atoms in total. The molecule has 0 aliphatic rings. The minimum Gasteiger partial charge on any atom is -0.469 e. The molecular formula is C12H14N2O5. The van der Waals surface area contributed by atoms with Crippen LogP contribution in [0, 0.1) is 10.1 Å². The molecule has 0 aliphatic heterocycles. The molecule has 19 heavy (non-hydrogen) atoms. The standard InChI is InChI=1S/C12H14N2O5/c1-8(7-11(15)19-2)13-12(16)9-3-5-10(6-4-9)14(17)18/h3-6,8H,7H2,1-2H3,(H,13,16)/t8-/m1/s1. The maximum absolute atomic E-state index is 11.8. The molecule has 102 valence electrons. The molecule has 0 spiro atoms. The normalized spacial score (nSPS) is 11.5. The number of methoxy groups -OCH3 is 1. The Bertz CT molecular complexity index is 483. The summed E-state index contributed by atoms with van der Waals surface area (Å²) in [4.78, 5) is 32.7. The number of carbonyl (C=O) groups is 2. The maximum Gasteiger partial charge on any atom is 0.307 e. The molecule has 0 unspecified atom stereocenters. The molecule has 1 atom stereocenters. The van der Waals surface area contributed by atoms with Gasteiger partial charge in [-0.05, 0) is 19.1 Å². The van der Waals surface area contributed by atoms with Crippen LogP contribution in [-0.4, -0.2) is 30.0 Å². The van der Waals surface area contributed by atoms with E-state index in [-0.39, 0.29) is 18.2 Å². The third kappa shape index (κ3) is 4.38. The van der Waals surface area contributed by atoms with Gasteiger partial charge in [-0.15, -0.1) is 0 Å². The van der Waals surface area contributed by atoms with Gasteiger partial charge in [0.05, 0.1) is 18.5 Å². The molecule has 1 rings (SSSR count). The van der Waals surface area contributed by atoms with Crippen molar-refractivity contribution in [3.8, 4) is 0 Å². The Kier molecular flexibility index (Phi) is 4.99. The average molecular weight is 266 g/mol. The molecule has 0 radical (unpaired) electrons. The largest absolute Gasteiger partial charge is 0.469 e. The van der Waals surface area contributed by atoms with Crippen molar-refractivity contribution in [3.05, 3.63) is 39.9 Å². The highest BCUT2D eigenvalue weighted by Gasteiger charge is 2.14. The zero-order valence-electron chi connectivity index (χ0n) is 10.6. The van der Waals surface area contributed by atoms with Crippen LogP contribution in [0.15, 0.2) is 24.3 Å². The van der Waals surface area contributed by atoms with E-state index in [2.05, 4.69) is 10.1 Å². The van der Waals surface area contributed by atoms with Gasteiger partial charge in [-0.25, -0.2) is 0 Å². The monoisotopic (exact) mass is 266 g/mol. The van der Waals surface area contributed by atoms with E-state index in [0.29, 0.717) is 5.56 Å². The molecule has 0 saturated carbocycles. The average Bonchev–Trinajstić information content (AvgIpc) is 2.38. The summed E-state index contributed by atoms with van der Waals surface area (Å²) < 4.78 is 4.49. The Labute approximate surface area is 109 Å². The number of rotatable bonds is 5. The van der Waals surface area contributed by atoms with Crippen molar-refractivity contribution in [2.45, 2.75) is 19.4 Å². The summed E-state index contributed by atoms with van der Waals surface area (Å²) in [6.45, 7) is 1.67. The Morgan fingerprint density at radius 2 is 1.95 bits per heavy atom. The number of nitro groups is 1. The first kappa shape index (κ1) is 14.6. The number of carbonyl (C=O) groups excluding carboxylic acids is 2. The lowest BCUT2D eigenvalue weighted by Crippen LogP contribution is -2.34. The van der Waals surface area contributed by atoms with Crippen LogP contribution >= 0.6 is 0 Å². The molecule has 7 heteroatoms. The molecule has 0 aliphatic carbocycles. The first-order valence-electron chi connectivity index (χ1n) is 5.56. The summed E-state index contributed by atoms with van der Waals surface area (Å²) in [6.07, 6.45) is 0.0647. The van der Waals surface area contributed by atoms with Gasteiger partial charge in [0.15, 0.2) is 0 Å². The van der Waals surface area contributed by atoms with Crippen LogP contribution in [0.5, 0.6) is 0 Å². The summed E-state index contributed by atoms with van der Waals surface area (Å²) in [7, 11) is 1.27. The number of hydrogen-bond donors (Lipinski definition) is 1. The zero-order chi connectivity index (χ0) is 14.4. The molecule has 0 aromatic heterocycles. The lowest BCUT2D eigenvalue weighted by molar-refractivity contribution is -0.384. The molecule has 1 N–H and O–H groups in total. The summed E-state index contributed by atoms with van der Waals surface area (Å²) in [5, 5.41) is 13.1. The van der Waals surface area contributed by atoms with Gasteiger partial charge in [0, 0.05) is 23.7 Å². The topological polar surface area (TPSA) is 98.5 Å². The van der Waals surface area contributed by atoms with Crippen LogP contribution < -0.4 is 5.32 Å². The number of amides is 1. The zero-order valence-corrected chi connectivity index (χ0v) is 10.6. The fourth-order valence-corrected chi connectivity index (χ4v) is 1.43. The molecule has 1 aromatic rings. The summed E-state index contributed by atoms with van der Waals surface area (Å²) >= 11 is 0. The quantitative estimate of drug-likeness (QED) is 0.491. The van der Waals surface area contributed by atoms with Crippen molar-refractivity contribution < 1.29 is 19.2 Å². The summed E-state index contributed by atoms with van der Waals surface area (Å²) in [5.41, 5.74) is 0.210. The Hall–Kier alpha value is -2.44. The van der Waals surface area contributed by atoms with Crippen molar-refractivity contribution >= 4 is 17.6 Å². The van der Waals surface area contributed by atoms with Gasteiger partial charge in [0.2, 0.25) is 0 Å². The van der Waals surface area contributed by atoms with Gasteiger partial charge in [0.1, 0.15) is 0 Å². The molecule has 0 bridgehead atoms. The highest BCUT2D eigenvalue weighted by molar-refractivity contribution is 5.94. The number of benzene rings is 1. The maximum atomic E-state index is 11.8. The van der Waals surface area contributed by atoms with E-state index in [1.165, 1.54) is 31.4 Å². The molecule has 0 heterocycles. The highest BCUT2D eigenvalue weighted by atomic mass is 16.6. The number of nitro benzene ring substituents is 1. The number of esters is 1. The van der Waals surface area contributed by atoms with E-state index < -0.39 is 16.8 Å². The van der Waals surface area contributed by atoms with Gasteiger partial charge in [-0.2, -0.15) is 0 Å². The van der Waals surface area contributed by atoms with Crippen molar-refractivity contribution in [1.29, 1.82) is 0 Å². The second kappa shape index (κ2) is 6.48. The fourth-order valence-electron chi connectivity index (χ4n) is 1.43. The Balaban J connectivity index is 2.63. The molecule has 1 aromatic carbocycles. The minimum absolute atomic E-state index is 0.0647. The minimum atomic E-state index is -0.540. The molecular weight excluding hydrogens is 252 g/mol. The third-order valence-corrected chi connectivity index (χ3v) is 2.42. The number of nitrogens with zero attached hydrogens (tertiary/aromatic N) is 1. The lowest BCUT2D eigenvalue weighted by atomic mass is 10.1. The van der Waals surface area contributed by atoms with E-state index in [1.807, 2.05) is 0 Å². The second-order valence-electron chi connectivity index (χ2n) is 3.96. The Morgan fingerprint density at radius 1 is 1.37 bits per heavy atom. The van der Waals surface area contributed by atoms with Gasteiger partial charge in [0.25, 0.3) is 11.6 Å². The van der Waals surface area contributed by atoms with Crippen LogP contribution in [0.4, 0.5) is 5.69 Å². The van der Waals surface area contributed by atoms with Crippen molar-refractivity contribution in [3.63, 3.8) is 0 Å². The fraction of sp³-hybridized carbons (Fsp3) is 0.333. The van der Waals surface area contributed by atoms with Crippen molar-refractivity contribution in [2.75, 3.05) is 7.11 Å². The first-order valence-corrected chi connectivity index (χ1v) is 5.56. The highest BCUT2D eigenvalue weighted by Crippen LogP contribution is 2.12. The summed E-state index contributed by atoms with van der Waals surface area (Å²) in [5.74, 6) is -0.817. The van der Waals surface area contributed by atoms with Crippen LogP contribution in [0.3, 0.4) is 0 Å². The van der Waals surface area contributed by atoms with Crippen LogP contribution in [0.25, 0.3) is 0 Å². The van der Waals surface area contributed by atoms with E-state index in [0.717, 1.165) is 0 Å². The molecule has 1 amide bonds. The number of ether oxygens (including phenoxy) is 1. The van der Waals surface area contributed by atoms with E-state index in [4.69, 9.17) is 0 Å². The van der Waals surface area contributed by atoms with Gasteiger partial charge in [-0.1, -0.05) is 0 Å². The van der Waals surface area contributed by atoms with E-state index in [1.54, 1.807) is 6.92 Å². The Morgan fingerprint density at radius 3 is 2.42 bits per heavy atom. The van der Waals surface area contributed by atoms with Crippen LogP contribution in [0.1, 0.15) is 23.7 Å². The van der Waals surface area contributed by atoms with Gasteiger partial charge in [-0.3, -0.25) is 19.7 Å². The van der Waals surface area contributed by atoms with E-state index >= 15 is 0 Å². The number of hydrogen-bond acceptors (Lipinski definition) is 5. The summed E-state index contributed by atoms with van der Waals surface area (Å²) in [6, 6.07) is 4.84. The molecule has 0 fully saturated rings. The van der Waals surface area contributed by atoms with Crippen molar-refractivity contribution in [1.82, 2.24) is 5.32 Å². The van der Waals surface area contributed by atoms with Crippen molar-refractivity contribution in [2.24, 2.45) is 0 Å². The lowest BCUT2D eigenvalue weighted by Gasteiger charge is -2.12. The predicted molar refractivity (Wildman–Crippen MR) is 66.7 cm³/mol. The van der Waals surface area contributed by atoms with Crippen LogP contribution in [-0.2, 0) is 9.53 Å². The second-order valence-corrected chi connectivity index (χ2v) is 3.96. The van der Waals surface area contributed by atoms with Gasteiger partial charge < -0.3 is 10.1 Å². The first-order chi connectivity index (χ1) is 8.93.